The van der Waals surface area contributed by atoms with Crippen molar-refractivity contribution < 1.29 is 119 Å². The fourth-order valence-electron chi connectivity index (χ4n) is 0.562. The Bertz CT molecular complexity index is 714. The summed E-state index contributed by atoms with van der Waals surface area (Å²) in [4.78, 5) is 18.8. The molecule has 0 radical (unpaired) electrons. The summed E-state index contributed by atoms with van der Waals surface area (Å²) in [5, 5.41) is 6.57. The second-order valence-electron chi connectivity index (χ2n) is 3.71. The van der Waals surface area contributed by atoms with Gasteiger partial charge >= 0.3 is 80.3 Å². The van der Waals surface area contributed by atoms with Gasteiger partial charge < -0.3 is 19.8 Å². The molecule has 0 fully saturated rings. The number of alkyl halides is 8. The molecule has 10 nitrogen and oxygen atoms in total. The van der Waals surface area contributed by atoms with Crippen molar-refractivity contribution in [3.05, 3.63) is 0 Å². The third kappa shape index (κ3) is 6.73. The molecule has 2 N–H and O–H groups in total. The molecule has 0 amide bonds. The van der Waals surface area contributed by atoms with Crippen LogP contribution in [0.3, 0.4) is 0 Å². The summed E-state index contributed by atoms with van der Waals surface area (Å²) >= 11 is 0. The summed E-state index contributed by atoms with van der Waals surface area (Å²) in [7, 11) is -13.0. The van der Waals surface area contributed by atoms with E-state index in [1.807, 2.05) is 0 Å². The first-order valence-corrected chi connectivity index (χ1v) is 7.65. The Labute approximate surface area is 173 Å². The van der Waals surface area contributed by atoms with Gasteiger partial charge in [-0.25, -0.2) is 0 Å². The smallest absolute Gasteiger partial charge is 0.544 e. The van der Waals surface area contributed by atoms with Crippen LogP contribution in [-0.2, 0) is 29.8 Å². The second kappa shape index (κ2) is 9.93. The van der Waals surface area contributed by atoms with Crippen LogP contribution in [0.1, 0.15) is 0 Å². The zero-order valence-corrected chi connectivity index (χ0v) is 14.6. The van der Waals surface area contributed by atoms with Gasteiger partial charge in [0.25, 0.3) is 0 Å². The zero-order valence-electron chi connectivity index (χ0n) is 13.0. The van der Waals surface area contributed by atoms with Crippen molar-refractivity contribution in [2.75, 3.05) is 0 Å². The third-order valence-electron chi connectivity index (χ3n) is 1.89. The Morgan fingerprint density at radius 2 is 0.750 bits per heavy atom. The summed E-state index contributed by atoms with van der Waals surface area (Å²) in [5.74, 6) is -19.2. The number of rotatable bonds is 6. The summed E-state index contributed by atoms with van der Waals surface area (Å²) < 4.78 is 149. The Morgan fingerprint density at radius 3 is 0.786 bits per heavy atom. The molecule has 0 heterocycles. The average Bonchev–Trinajstić information content (AvgIpc) is 2.35. The predicted molar refractivity (Wildman–Crippen MR) is 52.9 cm³/mol. The van der Waals surface area contributed by atoms with E-state index >= 15 is 0 Å². The average molecular weight is 464 g/mol. The molecular formula is C6H2F8Li2O10S2. The second-order valence-corrected chi connectivity index (χ2v) is 6.63. The van der Waals surface area contributed by atoms with Crippen LogP contribution in [0.15, 0.2) is 0 Å². The molecule has 0 aromatic carbocycles. The molecule has 0 aromatic heterocycles. The van der Waals surface area contributed by atoms with Crippen molar-refractivity contribution in [1.29, 1.82) is 0 Å². The monoisotopic (exact) mass is 464 g/mol. The number of carboxylic acids is 2. The molecule has 0 rings (SSSR count). The summed E-state index contributed by atoms with van der Waals surface area (Å²) in [6.45, 7) is 0. The van der Waals surface area contributed by atoms with Gasteiger partial charge in [0.15, 0.2) is 0 Å². The normalized spacial score (nSPS) is 13.2. The molecule has 156 valence electrons. The molecule has 0 spiro atoms. The van der Waals surface area contributed by atoms with Crippen molar-refractivity contribution in [3.8, 4) is 0 Å². The van der Waals surface area contributed by atoms with Crippen molar-refractivity contribution in [3.63, 3.8) is 0 Å². The minimum absolute atomic E-state index is 0. The topological polar surface area (TPSA) is 189 Å². The van der Waals surface area contributed by atoms with Crippen LogP contribution in [0, 0.1) is 0 Å². The summed E-state index contributed by atoms with van der Waals surface area (Å²) in [6, 6.07) is 0. The van der Waals surface area contributed by atoms with Crippen LogP contribution in [0.2, 0.25) is 0 Å². The molecule has 0 aliphatic heterocycles. The Balaban J connectivity index is -0.000000192. The fraction of sp³-hybridized carbons (Fsp3) is 0.667. The van der Waals surface area contributed by atoms with Crippen LogP contribution >= 0.6 is 0 Å². The third-order valence-corrected chi connectivity index (χ3v) is 3.70. The molecule has 0 bridgehead atoms. The molecule has 0 unspecified atom stereocenters. The maximum absolute atomic E-state index is 12.0. The number of hydrogen-bond acceptors (Lipinski definition) is 8. The van der Waals surface area contributed by atoms with E-state index in [0.29, 0.717) is 0 Å². The molecule has 0 aliphatic rings. The number of halogens is 8. The zero-order chi connectivity index (χ0) is 22.2. The molecule has 28 heavy (non-hydrogen) atoms. The molecule has 0 atom stereocenters. The van der Waals surface area contributed by atoms with Crippen LogP contribution in [0.4, 0.5) is 35.1 Å². The molecule has 0 aromatic rings. The first-order chi connectivity index (χ1) is 10.9. The van der Waals surface area contributed by atoms with Gasteiger partial charge in [-0.3, -0.25) is 9.11 Å². The first-order valence-electron chi connectivity index (χ1n) is 4.77. The van der Waals surface area contributed by atoms with E-state index in [0.717, 1.165) is 0 Å². The molecule has 0 saturated carbocycles. The van der Waals surface area contributed by atoms with Gasteiger partial charge in [-0.2, -0.15) is 52.0 Å². The maximum Gasteiger partial charge on any atom is 1.00 e. The van der Waals surface area contributed by atoms with E-state index in [1.165, 1.54) is 0 Å². The molecule has 22 heteroatoms. The van der Waals surface area contributed by atoms with Crippen LogP contribution < -0.4 is 47.9 Å². The Kier molecular flexibility index (Phi) is 12.4. The SMILES string of the molecule is O=C([O-])C(F)(F)C(F)(F)S(=O)(=O)O.O=C([O-])C(F)(F)C(F)(F)S(=O)(=O)O.[Li+].[Li+]. The maximum atomic E-state index is 12.0. The molecule has 0 saturated heterocycles. The van der Waals surface area contributed by atoms with E-state index in [-0.39, 0.29) is 37.7 Å². The van der Waals surface area contributed by atoms with E-state index in [9.17, 15) is 71.8 Å². The standard InChI is InChI=1S/2C3H2F4O5S.2Li/c2*4-2(5,1(8)9)3(6,7)13(10,11)12;;/h2*(H,8,9)(H,10,11,12);;/q;;2*+1/p-2. The van der Waals surface area contributed by atoms with Crippen molar-refractivity contribution in [1.82, 2.24) is 0 Å². The van der Waals surface area contributed by atoms with Crippen molar-refractivity contribution in [2.24, 2.45) is 0 Å². The van der Waals surface area contributed by atoms with Crippen molar-refractivity contribution >= 4 is 32.2 Å². The van der Waals surface area contributed by atoms with Gasteiger partial charge in [0, 0.05) is 0 Å². The quantitative estimate of drug-likeness (QED) is 0.217. The predicted octanol–water partition coefficient (Wildman–Crippen LogP) is -8.29. The first kappa shape index (κ1) is 34.9. The largest absolute Gasteiger partial charge is 1.00 e. The van der Waals surface area contributed by atoms with Gasteiger partial charge in [-0.05, 0) is 0 Å². The number of carboxylic acid groups (broad SMARTS) is 2. The van der Waals surface area contributed by atoms with E-state index in [2.05, 4.69) is 0 Å². The van der Waals surface area contributed by atoms with Gasteiger partial charge in [-0.15, -0.1) is 0 Å². The molecular weight excluding hydrogens is 462 g/mol. The van der Waals surface area contributed by atoms with Crippen LogP contribution in [-0.4, -0.2) is 60.2 Å². The Hall–Kier alpha value is -0.605. The van der Waals surface area contributed by atoms with E-state index in [4.69, 9.17) is 9.11 Å². The van der Waals surface area contributed by atoms with Gasteiger partial charge in [0.2, 0.25) is 0 Å². The fourth-order valence-corrected chi connectivity index (χ4v) is 1.38. The minimum atomic E-state index is -6.51. The number of aliphatic carboxylic acids is 2. The summed E-state index contributed by atoms with van der Waals surface area (Å²) in [5.41, 5.74) is 0. The van der Waals surface area contributed by atoms with Crippen molar-refractivity contribution in [2.45, 2.75) is 22.4 Å². The minimum Gasteiger partial charge on any atom is -0.544 e. The van der Waals surface area contributed by atoms with E-state index in [1.54, 1.807) is 0 Å². The van der Waals surface area contributed by atoms with Gasteiger partial charge in [0.1, 0.15) is 11.9 Å². The Morgan fingerprint density at radius 1 is 0.607 bits per heavy atom. The van der Waals surface area contributed by atoms with E-state index < -0.39 is 54.5 Å². The molecule has 0 aliphatic carbocycles. The van der Waals surface area contributed by atoms with Gasteiger partial charge in [0.05, 0.1) is 0 Å². The van der Waals surface area contributed by atoms with Gasteiger partial charge in [-0.1, -0.05) is 0 Å². The number of carbonyl (C=O) groups is 2. The summed E-state index contributed by atoms with van der Waals surface area (Å²) in [6.07, 6.45) is 0. The van der Waals surface area contributed by atoms with Crippen LogP contribution in [0.25, 0.3) is 0 Å². The number of carbonyl (C=O) groups excluding carboxylic acids is 2. The number of hydrogen-bond donors (Lipinski definition) is 2. The van der Waals surface area contributed by atoms with Crippen LogP contribution in [0.5, 0.6) is 0 Å².